The molecule has 3 heteroatoms. The van der Waals surface area contributed by atoms with Crippen LogP contribution in [-0.4, -0.2) is 18.5 Å². The van der Waals surface area contributed by atoms with Gasteiger partial charge in [-0.3, -0.25) is 0 Å². The second kappa shape index (κ2) is 14.7. The number of halogens is 1. The monoisotopic (exact) mass is 564 g/mol. The van der Waals surface area contributed by atoms with E-state index in [-0.39, 0.29) is 24.9 Å². The van der Waals surface area contributed by atoms with Gasteiger partial charge in [0, 0.05) is 0 Å². The zero-order chi connectivity index (χ0) is 23.5. The average molecular weight is 566 g/mol. The Bertz CT molecular complexity index is 1010. The molecule has 0 saturated heterocycles. The third-order valence-electron chi connectivity index (χ3n) is 6.98. The molecule has 0 radical (unpaired) electrons. The molecule has 0 saturated carbocycles. The van der Waals surface area contributed by atoms with Gasteiger partial charge in [0.25, 0.3) is 0 Å². The molecule has 0 atom stereocenters. The molecule has 35 heavy (non-hydrogen) atoms. The fourth-order valence-electron chi connectivity index (χ4n) is 5.18. The summed E-state index contributed by atoms with van der Waals surface area (Å²) in [6.45, 7) is 2.34. The van der Waals surface area contributed by atoms with E-state index in [2.05, 4.69) is 128 Å². The van der Waals surface area contributed by atoms with Crippen molar-refractivity contribution in [1.82, 2.24) is 0 Å². The summed E-state index contributed by atoms with van der Waals surface area (Å²) in [7, 11) is -2.09. The third kappa shape index (κ3) is 7.36. The van der Waals surface area contributed by atoms with Crippen LogP contribution in [0.1, 0.15) is 32.6 Å². The molecule has 0 nitrogen and oxygen atoms in total. The molecule has 4 aromatic rings. The van der Waals surface area contributed by atoms with Crippen molar-refractivity contribution in [1.29, 1.82) is 0 Å². The van der Waals surface area contributed by atoms with Gasteiger partial charge in [-0.2, -0.15) is 0 Å². The second-order valence-electron chi connectivity index (χ2n) is 9.20. The van der Waals surface area contributed by atoms with E-state index in [9.17, 15) is 0 Å². The molecular formula is C32H39BrP2. The predicted molar refractivity (Wildman–Crippen MR) is 169 cm³/mol. The van der Waals surface area contributed by atoms with Crippen molar-refractivity contribution in [3.05, 3.63) is 121 Å². The van der Waals surface area contributed by atoms with Crippen LogP contribution in [0.4, 0.5) is 0 Å². The van der Waals surface area contributed by atoms with Crippen molar-refractivity contribution in [2.45, 2.75) is 32.6 Å². The van der Waals surface area contributed by atoms with Gasteiger partial charge in [-0.25, -0.2) is 0 Å². The zero-order valence-corrected chi connectivity index (χ0v) is 24.5. The average Bonchev–Trinajstić information content (AvgIpc) is 2.92. The second-order valence-corrected chi connectivity index (χ2v) is 15.9. The molecule has 0 spiro atoms. The molecule has 0 aliphatic heterocycles. The summed E-state index contributed by atoms with van der Waals surface area (Å²) in [6.07, 6.45) is 9.13. The number of hydrogen-bond donors (Lipinski definition) is 0. The summed E-state index contributed by atoms with van der Waals surface area (Å²) < 4.78 is 0. The first-order valence-electron chi connectivity index (χ1n) is 12.8. The molecule has 0 aromatic heterocycles. The fraction of sp³-hybridized carbons (Fsp3) is 0.250. The molecular weight excluding hydrogens is 526 g/mol. The van der Waals surface area contributed by atoms with Crippen molar-refractivity contribution < 1.29 is 0 Å². The van der Waals surface area contributed by atoms with Crippen molar-refractivity contribution in [3.8, 4) is 0 Å². The van der Waals surface area contributed by atoms with Gasteiger partial charge in [0.2, 0.25) is 0 Å². The Morgan fingerprint density at radius 3 is 1.34 bits per heavy atom. The summed E-state index contributed by atoms with van der Waals surface area (Å²) in [5.41, 5.74) is 0. The summed E-state index contributed by atoms with van der Waals surface area (Å²) in [5.74, 6) is 0. The number of hydrogen-bond acceptors (Lipinski definition) is 0. The summed E-state index contributed by atoms with van der Waals surface area (Å²) in [4.78, 5) is 0. The van der Waals surface area contributed by atoms with Gasteiger partial charge in [0.05, 0.1) is 0 Å². The minimum absolute atomic E-state index is 0. The maximum atomic E-state index is 2.41. The Kier molecular flexibility index (Phi) is 11.7. The summed E-state index contributed by atoms with van der Waals surface area (Å²) in [5, 5.41) is 6.24. The fourth-order valence-corrected chi connectivity index (χ4v) is 12.8. The molecule has 0 heterocycles. The SMILES string of the molecule is Br.CCCC[PH](CCCCP(c1ccccc1)c1ccccc1)(c1ccccc1)c1ccccc1. The van der Waals surface area contributed by atoms with E-state index in [1.54, 1.807) is 10.6 Å². The van der Waals surface area contributed by atoms with Gasteiger partial charge in [-0.15, -0.1) is 17.0 Å². The van der Waals surface area contributed by atoms with E-state index in [0.29, 0.717) is 0 Å². The van der Waals surface area contributed by atoms with Gasteiger partial charge in [-0.05, 0) is 0 Å². The van der Waals surface area contributed by atoms with Crippen molar-refractivity contribution in [2.24, 2.45) is 0 Å². The van der Waals surface area contributed by atoms with E-state index in [1.165, 1.54) is 54.8 Å². The van der Waals surface area contributed by atoms with Gasteiger partial charge in [0.1, 0.15) is 0 Å². The van der Waals surface area contributed by atoms with Gasteiger partial charge in [0.15, 0.2) is 0 Å². The Morgan fingerprint density at radius 1 is 0.514 bits per heavy atom. The minimum atomic E-state index is -1.79. The molecule has 0 aliphatic carbocycles. The Morgan fingerprint density at radius 2 is 0.914 bits per heavy atom. The van der Waals surface area contributed by atoms with E-state index in [0.717, 1.165) is 0 Å². The van der Waals surface area contributed by atoms with Crippen LogP contribution in [0.15, 0.2) is 121 Å². The van der Waals surface area contributed by atoms with Gasteiger partial charge >= 0.3 is 209 Å². The maximum absolute atomic E-state index is 2.41. The van der Waals surface area contributed by atoms with Crippen LogP contribution in [0.2, 0.25) is 0 Å². The normalized spacial score (nSPS) is 11.7. The predicted octanol–water partition coefficient (Wildman–Crippen LogP) is 7.68. The van der Waals surface area contributed by atoms with Gasteiger partial charge in [-0.1, -0.05) is 0 Å². The Balaban J connectivity index is 0.00000342. The van der Waals surface area contributed by atoms with E-state index in [1.807, 2.05) is 0 Å². The van der Waals surface area contributed by atoms with Crippen LogP contribution in [0, 0.1) is 0 Å². The number of benzene rings is 4. The standard InChI is InChI=1S/C32H38P2.BrH/c1-2-3-27-34(31-22-12-6-13-23-31,32-24-14-7-15-25-32)28-17-16-26-33(29-18-8-4-9-19-29)30-20-10-5-11-21-30;/h4-15,18-25,34H,2-3,16-17,26-28H2,1H3;1H. The number of unbranched alkanes of at least 4 members (excludes halogenated alkanes) is 2. The molecule has 0 bridgehead atoms. The van der Waals surface area contributed by atoms with Crippen LogP contribution < -0.4 is 21.2 Å². The molecule has 0 amide bonds. The van der Waals surface area contributed by atoms with E-state index < -0.39 is 7.26 Å². The van der Waals surface area contributed by atoms with Crippen LogP contribution in [0.25, 0.3) is 0 Å². The summed E-state index contributed by atoms with van der Waals surface area (Å²) in [6, 6.07) is 45.3. The Labute approximate surface area is 225 Å². The molecule has 0 unspecified atom stereocenters. The van der Waals surface area contributed by atoms with E-state index >= 15 is 0 Å². The molecule has 4 aromatic carbocycles. The van der Waals surface area contributed by atoms with E-state index in [4.69, 9.17) is 0 Å². The molecule has 0 fully saturated rings. The quantitative estimate of drug-likeness (QED) is 0.122. The molecule has 0 aliphatic rings. The topological polar surface area (TPSA) is 0 Å². The zero-order valence-electron chi connectivity index (χ0n) is 20.9. The molecule has 4 rings (SSSR count). The van der Waals surface area contributed by atoms with Crippen LogP contribution in [0.5, 0.6) is 0 Å². The first kappa shape index (κ1) is 27.8. The van der Waals surface area contributed by atoms with Crippen LogP contribution in [0.3, 0.4) is 0 Å². The van der Waals surface area contributed by atoms with Crippen molar-refractivity contribution in [2.75, 3.05) is 18.5 Å². The first-order valence-corrected chi connectivity index (χ1v) is 16.8. The van der Waals surface area contributed by atoms with Crippen molar-refractivity contribution >= 4 is 53.4 Å². The Hall–Kier alpha value is -1.78. The van der Waals surface area contributed by atoms with Crippen LogP contribution >= 0.6 is 32.2 Å². The first-order chi connectivity index (χ1) is 16.8. The van der Waals surface area contributed by atoms with Gasteiger partial charge < -0.3 is 0 Å². The number of rotatable bonds is 12. The van der Waals surface area contributed by atoms with Crippen molar-refractivity contribution in [3.63, 3.8) is 0 Å². The van der Waals surface area contributed by atoms with Crippen LogP contribution in [-0.2, 0) is 0 Å². The summed E-state index contributed by atoms with van der Waals surface area (Å²) >= 11 is 0. The third-order valence-corrected chi connectivity index (χ3v) is 14.9. The molecule has 0 N–H and O–H groups in total. The molecule has 184 valence electrons.